The molecule has 1 aliphatic rings. The van der Waals surface area contributed by atoms with Gasteiger partial charge in [-0.1, -0.05) is 140 Å². The van der Waals surface area contributed by atoms with Crippen molar-refractivity contribution in [3.63, 3.8) is 0 Å². The molecule has 63 heavy (non-hydrogen) atoms. The van der Waals surface area contributed by atoms with E-state index in [1.807, 2.05) is 18.2 Å². The van der Waals surface area contributed by atoms with Gasteiger partial charge in [0.15, 0.2) is 11.2 Å². The van der Waals surface area contributed by atoms with Crippen LogP contribution in [0.15, 0.2) is 215 Å². The number of ether oxygens (including phenoxy) is 1. The molecule has 0 saturated heterocycles. The average molecular weight is 807 g/mol. The number of furan rings is 2. The maximum Gasteiger partial charge on any atom is 0.159 e. The SMILES string of the molecule is c1ccc(N(c2cc3c4c(ccc5cc(N(c6cccc7ccccc67)c6cccc7c6oc6ccccc67)c6cccc(c6c54)O3)c2)c2cccc3c2oc2ccccc23)cc1. The van der Waals surface area contributed by atoms with E-state index in [0.29, 0.717) is 0 Å². The zero-order chi connectivity index (χ0) is 41.2. The van der Waals surface area contributed by atoms with E-state index < -0.39 is 0 Å². The molecule has 0 N–H and O–H groups in total. The van der Waals surface area contributed by atoms with Gasteiger partial charge in [-0.05, 0) is 76.8 Å². The molecule has 0 unspecified atom stereocenters. The van der Waals surface area contributed by atoms with E-state index >= 15 is 0 Å². The number of para-hydroxylation sites is 5. The predicted octanol–water partition coefficient (Wildman–Crippen LogP) is 17.1. The van der Waals surface area contributed by atoms with Crippen LogP contribution in [-0.4, -0.2) is 0 Å². The monoisotopic (exact) mass is 806 g/mol. The minimum absolute atomic E-state index is 0.816. The van der Waals surface area contributed by atoms with E-state index in [1.54, 1.807) is 0 Å². The first-order valence-corrected chi connectivity index (χ1v) is 21.3. The Morgan fingerprint density at radius 2 is 0.841 bits per heavy atom. The van der Waals surface area contributed by atoms with E-state index in [0.717, 1.165) is 122 Å². The normalized spacial score (nSPS) is 12.3. The molecule has 2 aromatic heterocycles. The van der Waals surface area contributed by atoms with Gasteiger partial charge < -0.3 is 23.4 Å². The first-order valence-electron chi connectivity index (χ1n) is 21.3. The molecule has 13 aromatic rings. The molecule has 0 aliphatic carbocycles. The summed E-state index contributed by atoms with van der Waals surface area (Å²) >= 11 is 0. The average Bonchev–Trinajstić information content (AvgIpc) is 3.92. The first-order chi connectivity index (χ1) is 31.2. The van der Waals surface area contributed by atoms with Gasteiger partial charge in [0, 0.05) is 60.2 Å². The molecule has 5 nitrogen and oxygen atoms in total. The summed E-state index contributed by atoms with van der Waals surface area (Å²) in [6, 6.07) is 72.9. The maximum absolute atomic E-state index is 7.12. The van der Waals surface area contributed by atoms with Gasteiger partial charge in [-0.25, -0.2) is 0 Å². The highest BCUT2D eigenvalue weighted by atomic mass is 16.5. The lowest BCUT2D eigenvalue weighted by molar-refractivity contribution is 0.493. The Bertz CT molecular complexity index is 4030. The molecule has 11 aromatic carbocycles. The third kappa shape index (κ3) is 4.93. The van der Waals surface area contributed by atoms with Crippen molar-refractivity contribution < 1.29 is 13.6 Å². The van der Waals surface area contributed by atoms with Crippen LogP contribution in [0.4, 0.5) is 34.1 Å². The minimum Gasteiger partial charge on any atom is -0.456 e. The van der Waals surface area contributed by atoms with Crippen LogP contribution in [0, 0.1) is 0 Å². The maximum atomic E-state index is 7.12. The molecule has 1 aliphatic heterocycles. The van der Waals surface area contributed by atoms with Crippen molar-refractivity contribution >= 4 is 121 Å². The fourth-order valence-corrected chi connectivity index (χ4v) is 10.3. The molecule has 0 spiro atoms. The molecule has 0 amide bonds. The van der Waals surface area contributed by atoms with Gasteiger partial charge in [0.2, 0.25) is 0 Å². The van der Waals surface area contributed by atoms with Crippen molar-refractivity contribution in [3.8, 4) is 11.5 Å². The van der Waals surface area contributed by atoms with Crippen molar-refractivity contribution in [2.75, 3.05) is 9.80 Å². The van der Waals surface area contributed by atoms with Crippen LogP contribution in [0.3, 0.4) is 0 Å². The van der Waals surface area contributed by atoms with Crippen LogP contribution in [0.25, 0.3) is 87.0 Å². The third-order valence-corrected chi connectivity index (χ3v) is 12.9. The van der Waals surface area contributed by atoms with Crippen LogP contribution in [0.2, 0.25) is 0 Å². The Labute approximate surface area is 360 Å². The Morgan fingerprint density at radius 3 is 1.59 bits per heavy atom. The number of hydrogen-bond acceptors (Lipinski definition) is 5. The van der Waals surface area contributed by atoms with Crippen LogP contribution in [-0.2, 0) is 0 Å². The Morgan fingerprint density at radius 1 is 0.286 bits per heavy atom. The number of anilines is 6. The molecular formula is C58H34N2O3. The molecule has 3 heterocycles. The van der Waals surface area contributed by atoms with Crippen LogP contribution in [0.5, 0.6) is 11.5 Å². The Hall–Kier alpha value is -8.54. The van der Waals surface area contributed by atoms with E-state index in [-0.39, 0.29) is 0 Å². The lowest BCUT2D eigenvalue weighted by Crippen LogP contribution is -2.12. The molecular weight excluding hydrogens is 773 g/mol. The standard InChI is InChI=1S/C58H34N2O3/c1-2-16-38(17-3-1)59(47-25-11-21-43-41-19-6-8-27-50(41)62-57(43)47)39-32-36-30-31-37-33-49(45-23-13-29-52-56(45)55(37)54(36)53(34-39)61-52)60(46-24-10-15-35-14-4-5-18-40(35)46)48-26-12-22-44-42-20-7-9-28-51(42)63-58(44)48/h1-34H. The lowest BCUT2D eigenvalue weighted by Gasteiger charge is -2.31. The van der Waals surface area contributed by atoms with E-state index in [2.05, 4.69) is 198 Å². The summed E-state index contributed by atoms with van der Waals surface area (Å²) in [5.41, 5.74) is 9.44. The quantitative estimate of drug-likeness (QED) is 0.157. The summed E-state index contributed by atoms with van der Waals surface area (Å²) in [7, 11) is 0. The minimum atomic E-state index is 0.816. The second-order valence-corrected chi connectivity index (χ2v) is 16.4. The summed E-state index contributed by atoms with van der Waals surface area (Å²) in [5.74, 6) is 1.64. The predicted molar refractivity (Wildman–Crippen MR) is 260 cm³/mol. The van der Waals surface area contributed by atoms with Crippen molar-refractivity contribution in [2.45, 2.75) is 0 Å². The Balaban J connectivity index is 1.03. The van der Waals surface area contributed by atoms with Gasteiger partial charge >= 0.3 is 0 Å². The summed E-state index contributed by atoms with van der Waals surface area (Å²) in [4.78, 5) is 4.68. The third-order valence-electron chi connectivity index (χ3n) is 12.9. The smallest absolute Gasteiger partial charge is 0.159 e. The van der Waals surface area contributed by atoms with Crippen LogP contribution in [0.1, 0.15) is 0 Å². The molecule has 0 fully saturated rings. The molecule has 5 heteroatoms. The summed E-state index contributed by atoms with van der Waals surface area (Å²) in [5, 5.41) is 13.3. The highest BCUT2D eigenvalue weighted by Crippen LogP contribution is 2.54. The highest BCUT2D eigenvalue weighted by Gasteiger charge is 2.28. The summed E-state index contributed by atoms with van der Waals surface area (Å²) in [6.07, 6.45) is 0. The fraction of sp³-hybridized carbons (Fsp3) is 0. The second kappa shape index (κ2) is 13.0. The molecule has 0 atom stereocenters. The largest absolute Gasteiger partial charge is 0.456 e. The fourth-order valence-electron chi connectivity index (χ4n) is 10.3. The lowest BCUT2D eigenvalue weighted by atomic mass is 9.91. The first kappa shape index (κ1) is 34.2. The van der Waals surface area contributed by atoms with Gasteiger partial charge in [-0.15, -0.1) is 0 Å². The topological polar surface area (TPSA) is 42.0 Å². The zero-order valence-electron chi connectivity index (χ0n) is 33.7. The van der Waals surface area contributed by atoms with E-state index in [9.17, 15) is 0 Å². The van der Waals surface area contributed by atoms with Crippen LogP contribution >= 0.6 is 0 Å². The number of fused-ring (bicyclic) bond motifs is 7. The molecule has 294 valence electrons. The van der Waals surface area contributed by atoms with Crippen molar-refractivity contribution in [2.24, 2.45) is 0 Å². The molecule has 0 radical (unpaired) electrons. The van der Waals surface area contributed by atoms with Gasteiger partial charge in [0.05, 0.1) is 28.4 Å². The highest BCUT2D eigenvalue weighted by molar-refractivity contribution is 6.29. The van der Waals surface area contributed by atoms with Gasteiger partial charge in [0.25, 0.3) is 0 Å². The zero-order valence-corrected chi connectivity index (χ0v) is 33.7. The molecule has 0 bridgehead atoms. The van der Waals surface area contributed by atoms with Gasteiger partial charge in [0.1, 0.15) is 22.7 Å². The van der Waals surface area contributed by atoms with Crippen molar-refractivity contribution in [1.82, 2.24) is 0 Å². The molecule has 14 rings (SSSR count). The summed E-state index contributed by atoms with van der Waals surface area (Å²) < 4.78 is 20.5. The number of hydrogen-bond donors (Lipinski definition) is 0. The number of benzene rings is 11. The van der Waals surface area contributed by atoms with E-state index in [1.165, 1.54) is 10.8 Å². The molecule has 0 saturated carbocycles. The second-order valence-electron chi connectivity index (χ2n) is 16.4. The number of nitrogens with zero attached hydrogens (tertiary/aromatic N) is 2. The van der Waals surface area contributed by atoms with Gasteiger partial charge in [-0.3, -0.25) is 0 Å². The van der Waals surface area contributed by atoms with E-state index in [4.69, 9.17) is 13.6 Å². The van der Waals surface area contributed by atoms with Crippen LogP contribution < -0.4 is 14.5 Å². The summed E-state index contributed by atoms with van der Waals surface area (Å²) in [6.45, 7) is 0. The number of rotatable bonds is 6. The van der Waals surface area contributed by atoms with Gasteiger partial charge in [-0.2, -0.15) is 0 Å². The Kier molecular flexibility index (Phi) is 7.05. The van der Waals surface area contributed by atoms with Crippen molar-refractivity contribution in [1.29, 1.82) is 0 Å². The van der Waals surface area contributed by atoms with Crippen molar-refractivity contribution in [3.05, 3.63) is 206 Å².